The summed E-state index contributed by atoms with van der Waals surface area (Å²) < 4.78 is 11.7. The van der Waals surface area contributed by atoms with Gasteiger partial charge in [-0.15, -0.1) is 0 Å². The molecule has 0 N–H and O–H groups in total. The lowest BCUT2D eigenvalue weighted by molar-refractivity contribution is 0.0559. The predicted molar refractivity (Wildman–Crippen MR) is 96.7 cm³/mol. The molecule has 3 aromatic heterocycles. The Hall–Kier alpha value is -3.41. The molecule has 130 valence electrons. The molecule has 0 spiro atoms. The van der Waals surface area contributed by atoms with Gasteiger partial charge in [0.2, 0.25) is 0 Å². The van der Waals surface area contributed by atoms with Gasteiger partial charge in [0, 0.05) is 11.3 Å². The second kappa shape index (κ2) is 5.84. The van der Waals surface area contributed by atoms with Crippen molar-refractivity contribution < 1.29 is 19.1 Å². The molecular formula is C20H16N2O4. The van der Waals surface area contributed by atoms with Crippen LogP contribution in [0.15, 0.2) is 42.5 Å². The first-order chi connectivity index (χ1) is 12.6. The van der Waals surface area contributed by atoms with Gasteiger partial charge in [-0.05, 0) is 24.6 Å². The summed E-state index contributed by atoms with van der Waals surface area (Å²) in [4.78, 5) is 29.6. The van der Waals surface area contributed by atoms with Crippen LogP contribution in [-0.4, -0.2) is 35.5 Å². The van der Waals surface area contributed by atoms with Gasteiger partial charge < -0.3 is 9.47 Å². The summed E-state index contributed by atoms with van der Waals surface area (Å²) in [7, 11) is 2.57. The minimum atomic E-state index is -0.618. The van der Waals surface area contributed by atoms with Crippen molar-refractivity contribution in [2.24, 2.45) is 0 Å². The molecule has 6 heteroatoms. The van der Waals surface area contributed by atoms with Crippen LogP contribution in [0, 0.1) is 6.92 Å². The maximum absolute atomic E-state index is 12.6. The lowest BCUT2D eigenvalue weighted by atomic mass is 10.0. The second-order valence-electron chi connectivity index (χ2n) is 5.99. The van der Waals surface area contributed by atoms with Gasteiger partial charge in [-0.1, -0.05) is 30.3 Å². The Morgan fingerprint density at radius 2 is 1.62 bits per heavy atom. The SMILES string of the molecule is COC(=O)c1c(C(=O)OC)c2c(-c3ccccc3)cc3cc(C)nc1n32. The molecule has 0 aliphatic heterocycles. The Morgan fingerprint density at radius 1 is 0.962 bits per heavy atom. The molecule has 1 aromatic carbocycles. The lowest BCUT2D eigenvalue weighted by Crippen LogP contribution is -2.10. The highest BCUT2D eigenvalue weighted by atomic mass is 16.5. The Bertz CT molecular complexity index is 1150. The van der Waals surface area contributed by atoms with E-state index in [0.29, 0.717) is 11.2 Å². The Labute approximate surface area is 149 Å². The van der Waals surface area contributed by atoms with Crippen molar-refractivity contribution in [2.75, 3.05) is 14.2 Å². The number of rotatable bonds is 3. The fourth-order valence-corrected chi connectivity index (χ4v) is 3.41. The van der Waals surface area contributed by atoms with Crippen LogP contribution < -0.4 is 0 Å². The van der Waals surface area contributed by atoms with Crippen LogP contribution in [0.2, 0.25) is 0 Å². The Morgan fingerprint density at radius 3 is 2.27 bits per heavy atom. The molecule has 0 fully saturated rings. The number of benzene rings is 1. The normalized spacial score (nSPS) is 11.2. The highest BCUT2D eigenvalue weighted by molar-refractivity contribution is 6.16. The van der Waals surface area contributed by atoms with Crippen molar-refractivity contribution in [2.45, 2.75) is 6.92 Å². The topological polar surface area (TPSA) is 69.9 Å². The van der Waals surface area contributed by atoms with E-state index in [-0.39, 0.29) is 11.1 Å². The predicted octanol–water partition coefficient (Wildman–Crippen LogP) is 3.47. The van der Waals surface area contributed by atoms with Crippen LogP contribution in [0.25, 0.3) is 27.8 Å². The zero-order valence-electron chi connectivity index (χ0n) is 14.6. The summed E-state index contributed by atoms with van der Waals surface area (Å²) >= 11 is 0. The van der Waals surface area contributed by atoms with Gasteiger partial charge in [0.1, 0.15) is 11.1 Å². The number of aromatic nitrogens is 2. The van der Waals surface area contributed by atoms with Gasteiger partial charge in [0.05, 0.1) is 25.3 Å². The summed E-state index contributed by atoms with van der Waals surface area (Å²) in [6, 6.07) is 13.6. The van der Waals surface area contributed by atoms with E-state index in [4.69, 9.17) is 9.47 Å². The molecule has 0 bridgehead atoms. The fraction of sp³-hybridized carbons (Fsp3) is 0.150. The average molecular weight is 348 g/mol. The number of carbonyl (C=O) groups is 2. The third kappa shape index (κ3) is 2.15. The summed E-state index contributed by atoms with van der Waals surface area (Å²) in [5.41, 5.74) is 4.64. The summed E-state index contributed by atoms with van der Waals surface area (Å²) in [5, 5.41) is 0. The monoisotopic (exact) mass is 348 g/mol. The zero-order valence-corrected chi connectivity index (χ0v) is 14.6. The third-order valence-electron chi connectivity index (χ3n) is 4.45. The third-order valence-corrected chi connectivity index (χ3v) is 4.45. The minimum Gasteiger partial charge on any atom is -0.465 e. The molecule has 0 aliphatic carbocycles. The molecule has 0 radical (unpaired) electrons. The largest absolute Gasteiger partial charge is 0.465 e. The summed E-state index contributed by atoms with van der Waals surface area (Å²) in [6.07, 6.45) is 0. The van der Waals surface area contributed by atoms with Crippen LogP contribution in [0.5, 0.6) is 0 Å². The van der Waals surface area contributed by atoms with Crippen LogP contribution in [0.3, 0.4) is 0 Å². The van der Waals surface area contributed by atoms with E-state index < -0.39 is 11.9 Å². The number of carbonyl (C=O) groups excluding carboxylic acids is 2. The van der Waals surface area contributed by atoms with Crippen LogP contribution in [0.4, 0.5) is 0 Å². The Kier molecular flexibility index (Phi) is 3.61. The van der Waals surface area contributed by atoms with E-state index in [1.165, 1.54) is 14.2 Å². The highest BCUT2D eigenvalue weighted by Crippen LogP contribution is 2.37. The molecule has 26 heavy (non-hydrogen) atoms. The van der Waals surface area contributed by atoms with Crippen molar-refractivity contribution in [1.29, 1.82) is 0 Å². The molecule has 0 unspecified atom stereocenters. The molecule has 4 rings (SSSR count). The molecule has 3 heterocycles. The van der Waals surface area contributed by atoms with E-state index in [1.807, 2.05) is 53.8 Å². The molecule has 0 saturated heterocycles. The van der Waals surface area contributed by atoms with Gasteiger partial charge in [-0.2, -0.15) is 0 Å². The molecule has 0 atom stereocenters. The summed E-state index contributed by atoms with van der Waals surface area (Å²) in [6.45, 7) is 1.84. The number of esters is 2. The Balaban J connectivity index is 2.23. The molecule has 4 aromatic rings. The van der Waals surface area contributed by atoms with Crippen LogP contribution >= 0.6 is 0 Å². The molecule has 0 aliphatic rings. The quantitative estimate of drug-likeness (QED) is 0.530. The van der Waals surface area contributed by atoms with Crippen molar-refractivity contribution in [3.63, 3.8) is 0 Å². The number of nitrogens with zero attached hydrogens (tertiary/aromatic N) is 2. The van der Waals surface area contributed by atoms with Crippen LogP contribution in [-0.2, 0) is 9.47 Å². The van der Waals surface area contributed by atoms with Gasteiger partial charge in [0.25, 0.3) is 0 Å². The number of methoxy groups -OCH3 is 2. The van der Waals surface area contributed by atoms with E-state index in [2.05, 4.69) is 4.98 Å². The molecule has 0 saturated carbocycles. The van der Waals surface area contributed by atoms with E-state index >= 15 is 0 Å². The first-order valence-electron chi connectivity index (χ1n) is 8.07. The van der Waals surface area contributed by atoms with Crippen molar-refractivity contribution in [1.82, 2.24) is 9.38 Å². The maximum atomic E-state index is 12.6. The first kappa shape index (κ1) is 16.1. The van der Waals surface area contributed by atoms with Crippen molar-refractivity contribution in [3.8, 4) is 11.1 Å². The summed E-state index contributed by atoms with van der Waals surface area (Å²) in [5.74, 6) is -1.22. The number of hydrogen-bond acceptors (Lipinski definition) is 5. The number of ether oxygens (including phenoxy) is 2. The zero-order chi connectivity index (χ0) is 18.4. The second-order valence-corrected chi connectivity index (χ2v) is 5.99. The van der Waals surface area contributed by atoms with Gasteiger partial charge in [-0.25, -0.2) is 14.6 Å². The smallest absolute Gasteiger partial charge is 0.342 e. The maximum Gasteiger partial charge on any atom is 0.342 e. The van der Waals surface area contributed by atoms with E-state index in [0.717, 1.165) is 22.3 Å². The molecule has 0 amide bonds. The van der Waals surface area contributed by atoms with Gasteiger partial charge in [-0.3, -0.25) is 4.40 Å². The van der Waals surface area contributed by atoms with Crippen LogP contribution in [0.1, 0.15) is 26.4 Å². The molecule has 6 nitrogen and oxygen atoms in total. The van der Waals surface area contributed by atoms with Gasteiger partial charge in [0.15, 0.2) is 5.65 Å². The standard InChI is InChI=1S/C20H16N2O4/c1-11-9-13-10-14(12-7-5-4-6-8-12)17-15(19(23)25-2)16(20(24)26-3)18(21-11)22(13)17/h4-10H,1-3H3. The highest BCUT2D eigenvalue weighted by Gasteiger charge is 2.32. The van der Waals surface area contributed by atoms with Crippen molar-refractivity contribution >= 4 is 28.6 Å². The number of aryl methyl sites for hydroxylation is 1. The fourth-order valence-electron chi connectivity index (χ4n) is 3.41. The number of hydrogen-bond donors (Lipinski definition) is 0. The van der Waals surface area contributed by atoms with Crippen molar-refractivity contribution in [3.05, 3.63) is 59.3 Å². The van der Waals surface area contributed by atoms with E-state index in [9.17, 15) is 9.59 Å². The first-order valence-corrected chi connectivity index (χ1v) is 8.07. The van der Waals surface area contributed by atoms with E-state index in [1.54, 1.807) is 0 Å². The average Bonchev–Trinajstić information content (AvgIpc) is 3.19. The molecular weight excluding hydrogens is 332 g/mol. The minimum absolute atomic E-state index is 0.126. The van der Waals surface area contributed by atoms with Gasteiger partial charge >= 0.3 is 11.9 Å². The lowest BCUT2D eigenvalue weighted by Gasteiger charge is -2.04.